The summed E-state index contributed by atoms with van der Waals surface area (Å²) in [5.41, 5.74) is 1.18. The summed E-state index contributed by atoms with van der Waals surface area (Å²) in [7, 11) is -3.83. The van der Waals surface area contributed by atoms with Crippen LogP contribution in [0.3, 0.4) is 0 Å². The molecule has 0 aromatic rings. The van der Waals surface area contributed by atoms with Crippen molar-refractivity contribution in [2.75, 3.05) is 13.2 Å². The summed E-state index contributed by atoms with van der Waals surface area (Å²) in [4.78, 5) is 14.5. The molecule has 0 aromatic carbocycles. The van der Waals surface area contributed by atoms with E-state index in [1.54, 1.807) is 0 Å². The largest absolute Gasteiger partial charge is 0.416 e. The van der Waals surface area contributed by atoms with Crippen LogP contribution in [0, 0.1) is 11.8 Å². The number of halogens is 1. The van der Waals surface area contributed by atoms with Gasteiger partial charge in [-0.3, -0.25) is 9.69 Å². The van der Waals surface area contributed by atoms with E-state index in [1.807, 2.05) is 0 Å². The monoisotopic (exact) mass is 635 g/mol. The average molecular weight is 637 g/mol. The van der Waals surface area contributed by atoms with Gasteiger partial charge in [-0.2, -0.15) is 0 Å². The highest BCUT2D eigenvalue weighted by Crippen LogP contribution is 2.52. The summed E-state index contributed by atoms with van der Waals surface area (Å²) < 4.78 is 13.4. The van der Waals surface area contributed by atoms with Crippen LogP contribution in [0.1, 0.15) is 99.8 Å². The van der Waals surface area contributed by atoms with E-state index >= 15 is 0 Å². The van der Waals surface area contributed by atoms with Crippen molar-refractivity contribution in [3.63, 3.8) is 0 Å². The molecule has 0 radical (unpaired) electrons. The standard InChI is InChI=1S/C35H62ClNO3Si2/c1-27(32-15-13-22-35(32)21-12-14-30-18-17-28(26-38)25-37(30)35)16-19-31(40-42(10,11)34(5,6)7)24-29(36)20-23-39-41(8,9)33(2,3)4/h16-17,19,24,26-27,30-32H,12-15,18,20-23,25H2,1-11H3/b19-16+,29-24-/t27-,30+,31?,32+,35+/m0/s1. The Kier molecular flexibility index (Phi) is 11.9. The minimum atomic E-state index is -2.02. The fraction of sp³-hybridized carbons (Fsp3) is 0.800. The Balaban J connectivity index is 1.80. The lowest BCUT2D eigenvalue weighted by Crippen LogP contribution is -2.60. The first-order valence-electron chi connectivity index (χ1n) is 16.6. The van der Waals surface area contributed by atoms with Crippen LogP contribution in [0.25, 0.3) is 0 Å². The second kappa shape index (κ2) is 13.9. The summed E-state index contributed by atoms with van der Waals surface area (Å²) in [6.45, 7) is 26.8. The molecule has 0 aromatic heterocycles. The molecule has 3 aliphatic rings. The molecule has 7 heteroatoms. The van der Waals surface area contributed by atoms with Gasteiger partial charge in [-0.15, -0.1) is 0 Å². The van der Waals surface area contributed by atoms with Crippen molar-refractivity contribution >= 4 is 34.5 Å². The molecule has 2 heterocycles. The first-order chi connectivity index (χ1) is 19.3. The zero-order valence-corrected chi connectivity index (χ0v) is 31.6. The Labute approximate surface area is 266 Å². The molecule has 0 amide bonds. The lowest BCUT2D eigenvalue weighted by atomic mass is 9.70. The van der Waals surface area contributed by atoms with Gasteiger partial charge in [-0.05, 0) is 86.3 Å². The molecule has 0 N–H and O–H groups in total. The molecule has 1 aliphatic carbocycles. The Morgan fingerprint density at radius 2 is 1.67 bits per heavy atom. The highest BCUT2D eigenvalue weighted by Gasteiger charge is 2.52. The molecular weight excluding hydrogens is 574 g/mol. The van der Waals surface area contributed by atoms with Gasteiger partial charge in [0.1, 0.15) is 6.29 Å². The van der Waals surface area contributed by atoms with Crippen LogP contribution in [0.15, 0.2) is 34.9 Å². The zero-order chi connectivity index (χ0) is 31.6. The topological polar surface area (TPSA) is 38.8 Å². The van der Waals surface area contributed by atoms with Crippen LogP contribution in [0.2, 0.25) is 36.3 Å². The first-order valence-corrected chi connectivity index (χ1v) is 22.8. The van der Waals surface area contributed by atoms with Gasteiger partial charge in [0.15, 0.2) is 16.6 Å². The van der Waals surface area contributed by atoms with Crippen molar-refractivity contribution in [1.82, 2.24) is 4.90 Å². The van der Waals surface area contributed by atoms with E-state index in [0.29, 0.717) is 30.9 Å². The molecule has 1 saturated carbocycles. The first kappa shape index (κ1) is 36.0. The number of hydrogen-bond donors (Lipinski definition) is 0. The van der Waals surface area contributed by atoms with Crippen molar-refractivity contribution in [2.24, 2.45) is 11.8 Å². The maximum absolute atomic E-state index is 11.7. The van der Waals surface area contributed by atoms with E-state index in [1.165, 1.54) is 38.5 Å². The number of piperidine rings is 1. The maximum atomic E-state index is 11.7. The SMILES string of the molecule is C[C@@H](/C=C/C(/C=C(\Cl)CCO[Si](C)(C)C(C)(C)C)O[Si](C)(C)C(C)(C)C)[C@H]1CCC[C@]12CCC[C@@H]1CC=C(C=O)CN12. The third-order valence-corrected chi connectivity index (χ3v) is 20.9. The second-order valence-electron chi connectivity index (χ2n) is 16.5. The van der Waals surface area contributed by atoms with Gasteiger partial charge in [-0.1, -0.05) is 91.1 Å². The van der Waals surface area contributed by atoms with Gasteiger partial charge in [0.25, 0.3) is 0 Å². The molecule has 1 spiro atoms. The fourth-order valence-corrected chi connectivity index (χ4v) is 9.35. The number of nitrogens with zero attached hydrogens (tertiary/aromatic N) is 1. The van der Waals surface area contributed by atoms with Crippen LogP contribution < -0.4 is 0 Å². The molecule has 1 saturated heterocycles. The third-order valence-electron chi connectivity index (χ3n) is 11.6. The molecule has 4 nitrogen and oxygen atoms in total. The van der Waals surface area contributed by atoms with Gasteiger partial charge in [-0.25, -0.2) is 0 Å². The van der Waals surface area contributed by atoms with Crippen LogP contribution in [-0.2, 0) is 13.6 Å². The van der Waals surface area contributed by atoms with E-state index < -0.39 is 16.6 Å². The Bertz CT molecular complexity index is 1020. The predicted molar refractivity (Wildman–Crippen MR) is 185 cm³/mol. The molecule has 5 atom stereocenters. The maximum Gasteiger partial charge on any atom is 0.193 e. The summed E-state index contributed by atoms with van der Waals surface area (Å²) in [6.07, 6.45) is 19.3. The Morgan fingerprint density at radius 1 is 1.05 bits per heavy atom. The van der Waals surface area contributed by atoms with Crippen molar-refractivity contribution in [3.05, 3.63) is 34.9 Å². The molecule has 42 heavy (non-hydrogen) atoms. The molecule has 240 valence electrons. The van der Waals surface area contributed by atoms with Gasteiger partial charge >= 0.3 is 0 Å². The minimum Gasteiger partial charge on any atom is -0.416 e. The minimum absolute atomic E-state index is 0.112. The normalized spacial score (nSPS) is 28.2. The van der Waals surface area contributed by atoms with Crippen molar-refractivity contribution in [3.8, 4) is 0 Å². The van der Waals surface area contributed by atoms with E-state index in [0.717, 1.165) is 29.9 Å². The van der Waals surface area contributed by atoms with Crippen molar-refractivity contribution < 1.29 is 13.6 Å². The van der Waals surface area contributed by atoms with Gasteiger partial charge < -0.3 is 8.85 Å². The van der Waals surface area contributed by atoms with Crippen LogP contribution in [0.4, 0.5) is 0 Å². The van der Waals surface area contributed by atoms with Gasteiger partial charge in [0, 0.05) is 41.8 Å². The summed E-state index contributed by atoms with van der Waals surface area (Å²) >= 11 is 6.88. The molecule has 2 aliphatic heterocycles. The summed E-state index contributed by atoms with van der Waals surface area (Å²) in [5, 5.41) is 1.12. The van der Waals surface area contributed by atoms with Crippen molar-refractivity contribution in [1.29, 1.82) is 0 Å². The van der Waals surface area contributed by atoms with E-state index in [9.17, 15) is 4.79 Å². The van der Waals surface area contributed by atoms with Crippen LogP contribution in [-0.4, -0.2) is 58.7 Å². The number of carbonyl (C=O) groups is 1. The Hall–Kier alpha value is -0.506. The number of hydrogen-bond acceptors (Lipinski definition) is 4. The quantitative estimate of drug-likeness (QED) is 0.129. The summed E-state index contributed by atoms with van der Waals surface area (Å²) in [5.74, 6) is 1.02. The second-order valence-corrected chi connectivity index (χ2v) is 26.5. The van der Waals surface area contributed by atoms with Crippen LogP contribution >= 0.6 is 11.6 Å². The number of carbonyl (C=O) groups excluding carboxylic acids is 1. The number of rotatable bonds is 11. The molecule has 3 rings (SSSR count). The van der Waals surface area contributed by atoms with Crippen molar-refractivity contribution in [2.45, 2.75) is 154 Å². The third kappa shape index (κ3) is 8.39. The van der Waals surface area contributed by atoms with Gasteiger partial charge in [0.2, 0.25) is 0 Å². The van der Waals surface area contributed by atoms with E-state index in [4.69, 9.17) is 20.5 Å². The van der Waals surface area contributed by atoms with E-state index in [-0.39, 0.29) is 21.7 Å². The van der Waals surface area contributed by atoms with E-state index in [2.05, 4.69) is 104 Å². The zero-order valence-electron chi connectivity index (χ0n) is 28.8. The Morgan fingerprint density at radius 3 is 2.26 bits per heavy atom. The molecular formula is C35H62ClNO3Si2. The number of fused-ring (bicyclic) bond motifs is 2. The fourth-order valence-electron chi connectivity index (χ4n) is 6.92. The lowest BCUT2D eigenvalue weighted by Gasteiger charge is -2.55. The smallest absolute Gasteiger partial charge is 0.193 e. The molecule has 0 bridgehead atoms. The van der Waals surface area contributed by atoms with Crippen LogP contribution in [0.5, 0.6) is 0 Å². The average Bonchev–Trinajstić information content (AvgIpc) is 3.29. The molecule has 2 fully saturated rings. The molecule has 1 unspecified atom stereocenters. The number of aldehydes is 1. The highest BCUT2D eigenvalue weighted by molar-refractivity contribution is 6.74. The highest BCUT2D eigenvalue weighted by atomic mass is 35.5. The lowest BCUT2D eigenvalue weighted by molar-refractivity contribution is -0.106. The number of allylic oxidation sites excluding steroid dienone is 1. The van der Waals surface area contributed by atoms with Gasteiger partial charge in [0.05, 0.1) is 6.10 Å². The predicted octanol–water partition coefficient (Wildman–Crippen LogP) is 10.0. The summed E-state index contributed by atoms with van der Waals surface area (Å²) in [6, 6.07) is 0.587.